The van der Waals surface area contributed by atoms with Crippen molar-refractivity contribution in [2.75, 3.05) is 0 Å². The minimum absolute atomic E-state index is 0.377. The average Bonchev–Trinajstić information content (AvgIpc) is 1.88. The van der Waals surface area contributed by atoms with Gasteiger partial charge in [0, 0.05) is 6.20 Å². The van der Waals surface area contributed by atoms with Gasteiger partial charge in [-0.2, -0.15) is 0 Å². The lowest BCUT2D eigenvalue weighted by atomic mass is 10.2. The van der Waals surface area contributed by atoms with Crippen molar-refractivity contribution < 1.29 is 4.79 Å². The number of hydrogen-bond acceptors (Lipinski definition) is 2. The van der Waals surface area contributed by atoms with Gasteiger partial charge in [-0.3, -0.25) is 9.78 Å². The van der Waals surface area contributed by atoms with Crippen LogP contribution in [-0.4, -0.2) is 10.9 Å². The summed E-state index contributed by atoms with van der Waals surface area (Å²) in [7, 11) is 0. The normalized spacial score (nSPS) is 9.30. The van der Waals surface area contributed by atoms with E-state index in [1.54, 1.807) is 18.3 Å². The zero-order chi connectivity index (χ0) is 7.56. The molecule has 2 N–H and O–H groups in total. The lowest BCUT2D eigenvalue weighted by molar-refractivity contribution is 0.0999. The predicted octanol–water partition coefficient (Wildman–Crippen LogP) is 0.363. The molecule has 0 aliphatic carbocycles. The molecule has 10 heavy (non-hydrogen) atoms. The quantitative estimate of drug-likeness (QED) is 0.604. The van der Waals surface area contributed by atoms with Crippen molar-refractivity contribution in [3.05, 3.63) is 36.5 Å². The van der Waals surface area contributed by atoms with E-state index in [0.29, 0.717) is 11.3 Å². The third-order valence-corrected chi connectivity index (χ3v) is 1.16. The molecule has 1 amide bonds. The molecule has 0 saturated heterocycles. The summed E-state index contributed by atoms with van der Waals surface area (Å²) in [6, 6.07) is 3.24. The van der Waals surface area contributed by atoms with Crippen molar-refractivity contribution in [3.63, 3.8) is 0 Å². The number of nitrogens with zero attached hydrogens (tertiary/aromatic N) is 1. The van der Waals surface area contributed by atoms with Crippen LogP contribution in [0, 0.1) is 6.92 Å². The Morgan fingerprint density at radius 3 is 2.80 bits per heavy atom. The first-order valence-electron chi connectivity index (χ1n) is 2.78. The van der Waals surface area contributed by atoms with Gasteiger partial charge in [0.25, 0.3) is 5.91 Å². The number of nitrogens with two attached hydrogens (primary N) is 1. The Hall–Kier alpha value is -1.38. The predicted molar refractivity (Wildman–Crippen MR) is 37.2 cm³/mol. The fourth-order valence-electron chi connectivity index (χ4n) is 0.662. The van der Waals surface area contributed by atoms with Crippen molar-refractivity contribution in [1.82, 2.24) is 4.98 Å². The van der Waals surface area contributed by atoms with Crippen LogP contribution in [0.1, 0.15) is 16.1 Å². The van der Waals surface area contributed by atoms with Crippen LogP contribution in [0.15, 0.2) is 18.3 Å². The van der Waals surface area contributed by atoms with Crippen molar-refractivity contribution in [3.8, 4) is 0 Å². The average molecular weight is 135 g/mol. The van der Waals surface area contributed by atoms with Crippen LogP contribution in [0.25, 0.3) is 0 Å². The summed E-state index contributed by atoms with van der Waals surface area (Å²) < 4.78 is 0. The van der Waals surface area contributed by atoms with Gasteiger partial charge in [0.1, 0.15) is 0 Å². The smallest absolute Gasteiger partial charge is 0.250 e. The molecule has 0 saturated carbocycles. The first-order valence-corrected chi connectivity index (χ1v) is 2.78. The van der Waals surface area contributed by atoms with E-state index < -0.39 is 5.91 Å². The van der Waals surface area contributed by atoms with Gasteiger partial charge >= 0.3 is 0 Å². The van der Waals surface area contributed by atoms with Gasteiger partial charge in [-0.1, -0.05) is 0 Å². The Morgan fingerprint density at radius 1 is 1.70 bits per heavy atom. The van der Waals surface area contributed by atoms with E-state index in [1.807, 2.05) is 0 Å². The minimum Gasteiger partial charge on any atom is -0.366 e. The fourth-order valence-corrected chi connectivity index (χ4v) is 0.662. The van der Waals surface area contributed by atoms with E-state index in [2.05, 4.69) is 11.9 Å². The van der Waals surface area contributed by atoms with Crippen molar-refractivity contribution in [2.24, 2.45) is 5.73 Å². The SMILES string of the molecule is [CH2]c1ncccc1C(N)=O. The number of hydrogen-bond donors (Lipinski definition) is 1. The minimum atomic E-state index is -0.488. The Balaban J connectivity index is 3.15. The largest absolute Gasteiger partial charge is 0.366 e. The highest BCUT2D eigenvalue weighted by Gasteiger charge is 2.02. The molecule has 1 rings (SSSR count). The van der Waals surface area contributed by atoms with Gasteiger partial charge in [-0.15, -0.1) is 0 Å². The zero-order valence-corrected chi connectivity index (χ0v) is 5.37. The molecule has 1 heterocycles. The molecule has 1 radical (unpaired) electrons. The number of carbonyl (C=O) groups is 1. The van der Waals surface area contributed by atoms with Gasteiger partial charge < -0.3 is 5.73 Å². The van der Waals surface area contributed by atoms with Crippen LogP contribution >= 0.6 is 0 Å². The highest BCUT2D eigenvalue weighted by molar-refractivity contribution is 5.93. The molecule has 0 atom stereocenters. The van der Waals surface area contributed by atoms with E-state index in [4.69, 9.17) is 5.73 Å². The number of carbonyl (C=O) groups excluding carboxylic acids is 1. The Labute approximate surface area is 58.9 Å². The maximum Gasteiger partial charge on any atom is 0.250 e. The number of amides is 1. The topological polar surface area (TPSA) is 56.0 Å². The molecule has 0 aliphatic rings. The van der Waals surface area contributed by atoms with Crippen LogP contribution < -0.4 is 5.73 Å². The van der Waals surface area contributed by atoms with Crippen LogP contribution in [-0.2, 0) is 0 Å². The molecule has 0 aliphatic heterocycles. The fraction of sp³-hybridized carbons (Fsp3) is 0. The Kier molecular flexibility index (Phi) is 1.67. The van der Waals surface area contributed by atoms with Gasteiger partial charge in [0.15, 0.2) is 0 Å². The molecule has 3 heteroatoms. The molecule has 51 valence electrons. The summed E-state index contributed by atoms with van der Waals surface area (Å²) in [5, 5.41) is 0. The summed E-state index contributed by atoms with van der Waals surface area (Å²) in [6.45, 7) is 3.53. The molecule has 3 nitrogen and oxygen atoms in total. The molecule has 1 aromatic rings. The summed E-state index contributed by atoms with van der Waals surface area (Å²) in [6.07, 6.45) is 1.56. The number of aromatic nitrogens is 1. The summed E-state index contributed by atoms with van der Waals surface area (Å²) in [5.41, 5.74) is 5.80. The number of primary amides is 1. The van der Waals surface area contributed by atoms with E-state index in [9.17, 15) is 4.79 Å². The van der Waals surface area contributed by atoms with Gasteiger partial charge in [-0.05, 0) is 19.1 Å². The molecule has 0 fully saturated rings. The molecule has 1 aromatic heterocycles. The highest BCUT2D eigenvalue weighted by Crippen LogP contribution is 2.00. The first-order chi connectivity index (χ1) is 4.72. The molecule has 0 bridgehead atoms. The standard InChI is InChI=1S/C7H7N2O/c1-5-6(7(8)10)3-2-4-9-5/h2-4H,1H2,(H2,8,10). The van der Waals surface area contributed by atoms with Gasteiger partial charge in [0.05, 0.1) is 11.3 Å². The lowest BCUT2D eigenvalue weighted by Gasteiger charge is -1.96. The van der Waals surface area contributed by atoms with Gasteiger partial charge in [-0.25, -0.2) is 0 Å². The van der Waals surface area contributed by atoms with Crippen molar-refractivity contribution >= 4 is 5.91 Å². The molecular weight excluding hydrogens is 128 g/mol. The maximum absolute atomic E-state index is 10.6. The molecule has 0 spiro atoms. The zero-order valence-electron chi connectivity index (χ0n) is 5.37. The third kappa shape index (κ3) is 1.13. The van der Waals surface area contributed by atoms with Crippen LogP contribution in [0.2, 0.25) is 0 Å². The third-order valence-electron chi connectivity index (χ3n) is 1.16. The van der Waals surface area contributed by atoms with Crippen molar-refractivity contribution in [2.45, 2.75) is 0 Å². The maximum atomic E-state index is 10.6. The summed E-state index contributed by atoms with van der Waals surface area (Å²) >= 11 is 0. The molecule has 0 unspecified atom stereocenters. The second-order valence-corrected chi connectivity index (χ2v) is 1.86. The number of rotatable bonds is 1. The van der Waals surface area contributed by atoms with Crippen LogP contribution in [0.4, 0.5) is 0 Å². The molecule has 0 aromatic carbocycles. The Morgan fingerprint density at radius 2 is 2.40 bits per heavy atom. The first kappa shape index (κ1) is 6.74. The Bertz CT molecular complexity index is 258. The summed E-state index contributed by atoms with van der Waals surface area (Å²) in [5.74, 6) is -0.488. The van der Waals surface area contributed by atoms with Gasteiger partial charge in [0.2, 0.25) is 0 Å². The second-order valence-electron chi connectivity index (χ2n) is 1.86. The van der Waals surface area contributed by atoms with E-state index in [0.717, 1.165) is 0 Å². The van der Waals surface area contributed by atoms with E-state index >= 15 is 0 Å². The highest BCUT2D eigenvalue weighted by atomic mass is 16.1. The van der Waals surface area contributed by atoms with E-state index in [1.165, 1.54) is 0 Å². The van der Waals surface area contributed by atoms with Crippen LogP contribution in [0.3, 0.4) is 0 Å². The lowest BCUT2D eigenvalue weighted by Crippen LogP contribution is -2.12. The second kappa shape index (κ2) is 2.47. The van der Waals surface area contributed by atoms with Crippen LogP contribution in [0.5, 0.6) is 0 Å². The van der Waals surface area contributed by atoms with Crippen molar-refractivity contribution in [1.29, 1.82) is 0 Å². The number of pyridine rings is 1. The monoisotopic (exact) mass is 135 g/mol. The molecular formula is C7H7N2O. The van der Waals surface area contributed by atoms with E-state index in [-0.39, 0.29) is 0 Å². The summed E-state index contributed by atoms with van der Waals surface area (Å²) in [4.78, 5) is 14.4.